The molecule has 2 amide bonds. The molecule has 2 N–H and O–H groups in total. The smallest absolute Gasteiger partial charge is 0.261 e. The zero-order chi connectivity index (χ0) is 14.9. The summed E-state index contributed by atoms with van der Waals surface area (Å²) in [6, 6.07) is 3.63. The predicted octanol–water partition coefficient (Wildman–Crippen LogP) is 2.95. The predicted molar refractivity (Wildman–Crippen MR) is 85.5 cm³/mol. The summed E-state index contributed by atoms with van der Waals surface area (Å²) in [5.41, 5.74) is 0. The van der Waals surface area contributed by atoms with Gasteiger partial charge in [0.1, 0.15) is 0 Å². The Morgan fingerprint density at radius 3 is 2.67 bits per heavy atom. The van der Waals surface area contributed by atoms with Gasteiger partial charge < -0.3 is 10.6 Å². The van der Waals surface area contributed by atoms with Crippen LogP contribution in [0.4, 0.5) is 0 Å². The van der Waals surface area contributed by atoms with Gasteiger partial charge in [-0.2, -0.15) is 0 Å². The summed E-state index contributed by atoms with van der Waals surface area (Å²) in [4.78, 5) is 24.1. The van der Waals surface area contributed by atoms with Crippen molar-refractivity contribution in [3.8, 4) is 0 Å². The number of hydrogen-bond acceptors (Lipinski definition) is 3. The van der Waals surface area contributed by atoms with Gasteiger partial charge in [0.25, 0.3) is 5.91 Å². The van der Waals surface area contributed by atoms with Crippen LogP contribution in [0.5, 0.6) is 0 Å². The molecule has 4 nitrogen and oxygen atoms in total. The molecule has 0 saturated heterocycles. The molecule has 0 radical (unpaired) electrons. The highest BCUT2D eigenvalue weighted by molar-refractivity contribution is 7.12. The molecule has 0 unspecified atom stereocenters. The van der Waals surface area contributed by atoms with E-state index < -0.39 is 0 Å². The van der Waals surface area contributed by atoms with E-state index in [2.05, 4.69) is 10.6 Å². The first-order valence-electron chi connectivity index (χ1n) is 7.84. The lowest BCUT2D eigenvalue weighted by molar-refractivity contribution is -0.121. The van der Waals surface area contributed by atoms with Crippen LogP contribution in [0.2, 0.25) is 0 Å². The molecule has 1 aliphatic carbocycles. The molecule has 1 aliphatic rings. The SMILES string of the molecule is O=C(CCNC(=O)c1cccs1)NCCC1CCCCC1. The second-order valence-corrected chi connectivity index (χ2v) is 6.57. The molecule has 1 fully saturated rings. The average Bonchev–Trinajstić information content (AvgIpc) is 3.02. The third-order valence-corrected chi connectivity index (χ3v) is 4.85. The quantitative estimate of drug-likeness (QED) is 0.813. The highest BCUT2D eigenvalue weighted by Crippen LogP contribution is 2.25. The van der Waals surface area contributed by atoms with Crippen LogP contribution in [0.3, 0.4) is 0 Å². The van der Waals surface area contributed by atoms with Gasteiger partial charge in [-0.3, -0.25) is 9.59 Å². The minimum Gasteiger partial charge on any atom is -0.356 e. The fourth-order valence-electron chi connectivity index (χ4n) is 2.76. The number of amides is 2. The van der Waals surface area contributed by atoms with Crippen LogP contribution >= 0.6 is 11.3 Å². The molecule has 21 heavy (non-hydrogen) atoms. The lowest BCUT2D eigenvalue weighted by atomic mass is 9.87. The molecule has 0 aromatic carbocycles. The summed E-state index contributed by atoms with van der Waals surface area (Å²) in [6.45, 7) is 1.16. The van der Waals surface area contributed by atoms with Gasteiger partial charge in [-0.25, -0.2) is 0 Å². The molecule has 5 heteroatoms. The largest absolute Gasteiger partial charge is 0.356 e. The maximum atomic E-state index is 11.7. The van der Waals surface area contributed by atoms with Crippen LogP contribution < -0.4 is 10.6 Å². The van der Waals surface area contributed by atoms with Crippen LogP contribution in [0, 0.1) is 5.92 Å². The standard InChI is InChI=1S/C16H24N2O2S/c19-15(17-10-8-13-5-2-1-3-6-13)9-11-18-16(20)14-7-4-12-21-14/h4,7,12-13H,1-3,5-6,8-11H2,(H,17,19)(H,18,20). The van der Waals surface area contributed by atoms with E-state index in [0.717, 1.165) is 18.9 Å². The summed E-state index contributed by atoms with van der Waals surface area (Å²) in [7, 11) is 0. The lowest BCUT2D eigenvalue weighted by Gasteiger charge is -2.21. The Balaban J connectivity index is 1.52. The molecule has 0 aliphatic heterocycles. The molecule has 116 valence electrons. The van der Waals surface area contributed by atoms with Crippen molar-refractivity contribution in [3.63, 3.8) is 0 Å². The third-order valence-electron chi connectivity index (χ3n) is 3.98. The van der Waals surface area contributed by atoms with Crippen LogP contribution in [-0.2, 0) is 4.79 Å². The fraction of sp³-hybridized carbons (Fsp3) is 0.625. The van der Waals surface area contributed by atoms with Gasteiger partial charge in [-0.05, 0) is 23.8 Å². The molecular weight excluding hydrogens is 284 g/mol. The highest BCUT2D eigenvalue weighted by atomic mass is 32.1. The van der Waals surface area contributed by atoms with Gasteiger partial charge in [0.05, 0.1) is 4.88 Å². The normalized spacial score (nSPS) is 15.6. The maximum absolute atomic E-state index is 11.7. The van der Waals surface area contributed by atoms with Crippen LogP contribution in [0.15, 0.2) is 17.5 Å². The fourth-order valence-corrected chi connectivity index (χ4v) is 3.40. The van der Waals surface area contributed by atoms with E-state index >= 15 is 0 Å². The Labute approximate surface area is 130 Å². The van der Waals surface area contributed by atoms with E-state index in [0.29, 0.717) is 17.8 Å². The van der Waals surface area contributed by atoms with Gasteiger partial charge in [0.15, 0.2) is 0 Å². The summed E-state index contributed by atoms with van der Waals surface area (Å²) in [6.07, 6.45) is 8.11. The molecule has 0 spiro atoms. The van der Waals surface area contributed by atoms with E-state index in [4.69, 9.17) is 0 Å². The zero-order valence-electron chi connectivity index (χ0n) is 12.4. The molecule has 2 rings (SSSR count). The molecule has 0 atom stereocenters. The Morgan fingerprint density at radius 2 is 1.95 bits per heavy atom. The number of carbonyl (C=O) groups is 2. The van der Waals surface area contributed by atoms with Crippen molar-refractivity contribution in [2.45, 2.75) is 44.9 Å². The molecule has 0 bridgehead atoms. The van der Waals surface area contributed by atoms with Crippen molar-refractivity contribution in [1.29, 1.82) is 0 Å². The Morgan fingerprint density at radius 1 is 1.14 bits per heavy atom. The highest BCUT2D eigenvalue weighted by Gasteiger charge is 2.13. The van der Waals surface area contributed by atoms with Gasteiger partial charge in [-0.15, -0.1) is 11.3 Å². The van der Waals surface area contributed by atoms with E-state index in [-0.39, 0.29) is 11.8 Å². The topological polar surface area (TPSA) is 58.2 Å². The second kappa shape index (κ2) is 8.82. The van der Waals surface area contributed by atoms with E-state index in [1.54, 1.807) is 6.07 Å². The second-order valence-electron chi connectivity index (χ2n) is 5.63. The van der Waals surface area contributed by atoms with Crippen LogP contribution in [0.25, 0.3) is 0 Å². The first-order chi connectivity index (χ1) is 10.3. The Kier molecular flexibility index (Phi) is 6.73. The number of thiophene rings is 1. The first-order valence-corrected chi connectivity index (χ1v) is 8.72. The number of rotatable bonds is 7. The van der Waals surface area contributed by atoms with Crippen molar-refractivity contribution >= 4 is 23.2 Å². The van der Waals surface area contributed by atoms with Gasteiger partial charge in [0, 0.05) is 19.5 Å². The minimum atomic E-state index is -0.0972. The number of nitrogens with one attached hydrogen (secondary N) is 2. The van der Waals surface area contributed by atoms with Crippen molar-refractivity contribution in [2.75, 3.05) is 13.1 Å². The summed E-state index contributed by atoms with van der Waals surface area (Å²) < 4.78 is 0. The van der Waals surface area contributed by atoms with E-state index in [9.17, 15) is 9.59 Å². The monoisotopic (exact) mass is 308 g/mol. The molecule has 1 aromatic rings. The zero-order valence-corrected chi connectivity index (χ0v) is 13.2. The maximum Gasteiger partial charge on any atom is 0.261 e. The molecule has 1 aromatic heterocycles. The van der Waals surface area contributed by atoms with E-state index in [1.165, 1.54) is 43.4 Å². The van der Waals surface area contributed by atoms with Crippen molar-refractivity contribution < 1.29 is 9.59 Å². The molecule has 1 saturated carbocycles. The van der Waals surface area contributed by atoms with Gasteiger partial charge in [0.2, 0.25) is 5.91 Å². The summed E-state index contributed by atoms with van der Waals surface area (Å²) in [5.74, 6) is 0.717. The van der Waals surface area contributed by atoms with Crippen LogP contribution in [0.1, 0.15) is 54.6 Å². The van der Waals surface area contributed by atoms with Crippen molar-refractivity contribution in [2.24, 2.45) is 5.92 Å². The molecule has 1 heterocycles. The first kappa shape index (κ1) is 16.0. The van der Waals surface area contributed by atoms with Crippen molar-refractivity contribution in [3.05, 3.63) is 22.4 Å². The average molecular weight is 308 g/mol. The third kappa shape index (κ3) is 5.87. The summed E-state index contributed by atoms with van der Waals surface area (Å²) in [5, 5.41) is 7.59. The molecular formula is C16H24N2O2S. The van der Waals surface area contributed by atoms with Crippen molar-refractivity contribution in [1.82, 2.24) is 10.6 Å². The Hall–Kier alpha value is -1.36. The van der Waals surface area contributed by atoms with E-state index in [1.807, 2.05) is 11.4 Å². The van der Waals surface area contributed by atoms with Gasteiger partial charge >= 0.3 is 0 Å². The minimum absolute atomic E-state index is 0.0253. The lowest BCUT2D eigenvalue weighted by Crippen LogP contribution is -2.31. The van der Waals surface area contributed by atoms with Gasteiger partial charge in [-0.1, -0.05) is 38.2 Å². The number of hydrogen-bond donors (Lipinski definition) is 2. The summed E-state index contributed by atoms with van der Waals surface area (Å²) >= 11 is 1.41. The Bertz CT molecular complexity index is 439. The van der Waals surface area contributed by atoms with Crippen LogP contribution in [-0.4, -0.2) is 24.9 Å². The number of carbonyl (C=O) groups excluding carboxylic acids is 2.